The van der Waals surface area contributed by atoms with Crippen LogP contribution in [0.2, 0.25) is 5.02 Å². The van der Waals surface area contributed by atoms with E-state index in [1.807, 2.05) is 0 Å². The SMILES string of the molecule is O=C1[C@H]2[C@H](c3ccco3)c3sc(=O)[nH]c3S[C@H]2C(=O)N1c1ccc(Cl)cc1. The molecule has 4 heterocycles. The quantitative estimate of drug-likeness (QED) is 0.644. The van der Waals surface area contributed by atoms with Gasteiger partial charge in [0.15, 0.2) is 0 Å². The van der Waals surface area contributed by atoms with Crippen LogP contribution in [0.5, 0.6) is 0 Å². The second-order valence-corrected chi connectivity index (χ2v) is 8.86. The number of halogens is 1. The minimum Gasteiger partial charge on any atom is -0.469 e. The lowest BCUT2D eigenvalue weighted by atomic mass is 9.87. The zero-order valence-electron chi connectivity index (χ0n) is 13.5. The van der Waals surface area contributed by atoms with E-state index in [4.69, 9.17) is 16.0 Å². The van der Waals surface area contributed by atoms with Crippen LogP contribution in [-0.2, 0) is 9.59 Å². The third-order valence-corrected chi connectivity index (χ3v) is 7.41. The number of nitrogens with zero attached hydrogens (tertiary/aromatic N) is 1. The molecule has 2 aromatic heterocycles. The number of hydrogen-bond acceptors (Lipinski definition) is 6. The Morgan fingerprint density at radius 3 is 2.56 bits per heavy atom. The molecule has 1 aromatic carbocycles. The number of carbonyl (C=O) groups excluding carboxylic acids is 2. The standard InChI is InChI=1S/C18H11ClN2O4S2/c19-8-3-5-9(6-4-8)21-16(22)12-11(10-2-1-7-25-10)13-15(20-18(24)27-13)26-14(12)17(21)23/h1-7,11-12,14H,(H,20,24)/t11-,12-,14+/m0/s1. The Morgan fingerprint density at radius 1 is 1.07 bits per heavy atom. The Bertz CT molecular complexity index is 1100. The molecule has 1 N–H and O–H groups in total. The largest absolute Gasteiger partial charge is 0.469 e. The van der Waals surface area contributed by atoms with Crippen LogP contribution in [-0.4, -0.2) is 22.0 Å². The molecule has 3 atom stereocenters. The summed E-state index contributed by atoms with van der Waals surface area (Å²) in [6.07, 6.45) is 1.53. The average Bonchev–Trinajstić information content (AvgIpc) is 3.34. The van der Waals surface area contributed by atoms with Gasteiger partial charge in [-0.05, 0) is 36.4 Å². The molecule has 0 unspecified atom stereocenters. The van der Waals surface area contributed by atoms with E-state index < -0.39 is 17.1 Å². The van der Waals surface area contributed by atoms with Crippen molar-refractivity contribution in [2.45, 2.75) is 16.2 Å². The van der Waals surface area contributed by atoms with Crippen molar-refractivity contribution in [1.82, 2.24) is 4.98 Å². The highest BCUT2D eigenvalue weighted by Crippen LogP contribution is 2.53. The number of hydrogen-bond donors (Lipinski definition) is 1. The van der Waals surface area contributed by atoms with Crippen molar-refractivity contribution in [2.24, 2.45) is 5.92 Å². The number of thiazole rings is 1. The van der Waals surface area contributed by atoms with Crippen LogP contribution in [0.4, 0.5) is 5.69 Å². The van der Waals surface area contributed by atoms with E-state index in [-0.39, 0.29) is 16.7 Å². The minimum absolute atomic E-state index is 0.210. The Balaban J connectivity index is 1.64. The summed E-state index contributed by atoms with van der Waals surface area (Å²) in [4.78, 5) is 42.8. The molecule has 6 nitrogen and oxygen atoms in total. The highest BCUT2D eigenvalue weighted by Gasteiger charge is 2.57. The molecule has 27 heavy (non-hydrogen) atoms. The maximum Gasteiger partial charge on any atom is 0.305 e. The smallest absolute Gasteiger partial charge is 0.305 e. The van der Waals surface area contributed by atoms with Crippen LogP contribution in [0.15, 0.2) is 56.9 Å². The van der Waals surface area contributed by atoms with Crippen LogP contribution in [0, 0.1) is 5.92 Å². The van der Waals surface area contributed by atoms with Gasteiger partial charge in [0.1, 0.15) is 11.0 Å². The van der Waals surface area contributed by atoms with Gasteiger partial charge in [0, 0.05) is 5.02 Å². The van der Waals surface area contributed by atoms with E-state index in [1.165, 1.54) is 22.9 Å². The normalized spacial score (nSPS) is 24.2. The van der Waals surface area contributed by atoms with Crippen molar-refractivity contribution < 1.29 is 14.0 Å². The number of benzene rings is 1. The number of H-pyrrole nitrogens is 1. The zero-order valence-corrected chi connectivity index (χ0v) is 15.9. The first-order valence-electron chi connectivity index (χ1n) is 8.11. The predicted octanol–water partition coefficient (Wildman–Crippen LogP) is 3.48. The lowest BCUT2D eigenvalue weighted by Gasteiger charge is -2.27. The summed E-state index contributed by atoms with van der Waals surface area (Å²) in [5, 5.41) is 0.533. The highest BCUT2D eigenvalue weighted by atomic mass is 35.5. The van der Waals surface area contributed by atoms with Crippen molar-refractivity contribution in [3.05, 3.63) is 68.0 Å². The van der Waals surface area contributed by atoms with E-state index in [0.29, 0.717) is 21.5 Å². The molecule has 9 heteroatoms. The second-order valence-electron chi connectivity index (χ2n) is 6.25. The molecule has 0 spiro atoms. The molecule has 0 bridgehead atoms. The molecule has 1 saturated heterocycles. The molecular weight excluding hydrogens is 408 g/mol. The molecule has 1 fully saturated rings. The van der Waals surface area contributed by atoms with E-state index >= 15 is 0 Å². The monoisotopic (exact) mass is 418 g/mol. The number of amides is 2. The van der Waals surface area contributed by atoms with Crippen molar-refractivity contribution in [3.8, 4) is 0 Å². The number of carbonyl (C=O) groups is 2. The van der Waals surface area contributed by atoms with Gasteiger partial charge in [-0.2, -0.15) is 0 Å². The topological polar surface area (TPSA) is 83.4 Å². The maximum absolute atomic E-state index is 13.3. The third-order valence-electron chi connectivity index (χ3n) is 4.76. The fourth-order valence-corrected chi connectivity index (χ4v) is 6.26. The summed E-state index contributed by atoms with van der Waals surface area (Å²) in [5.74, 6) is -1.14. The van der Waals surface area contributed by atoms with Crippen LogP contribution in [0.3, 0.4) is 0 Å². The number of anilines is 1. The summed E-state index contributed by atoms with van der Waals surface area (Å²) in [6, 6.07) is 10.1. The third kappa shape index (κ3) is 2.51. The van der Waals surface area contributed by atoms with Gasteiger partial charge in [0.2, 0.25) is 11.8 Å². The molecule has 5 rings (SSSR count). The summed E-state index contributed by atoms with van der Waals surface area (Å²) in [5.41, 5.74) is 0.486. The van der Waals surface area contributed by atoms with Gasteiger partial charge in [-0.3, -0.25) is 14.4 Å². The minimum atomic E-state index is -0.636. The Morgan fingerprint density at radius 2 is 1.85 bits per heavy atom. The van der Waals surface area contributed by atoms with Crippen molar-refractivity contribution in [1.29, 1.82) is 0 Å². The molecule has 0 aliphatic carbocycles. The Kier molecular flexibility index (Phi) is 3.82. The molecule has 2 aliphatic heterocycles. The number of fused-ring (bicyclic) bond motifs is 2. The van der Waals surface area contributed by atoms with Gasteiger partial charge >= 0.3 is 4.87 Å². The molecular formula is C18H11ClN2O4S2. The Labute approximate surface area is 166 Å². The van der Waals surface area contributed by atoms with Gasteiger partial charge in [-0.15, -0.1) is 0 Å². The van der Waals surface area contributed by atoms with Crippen LogP contribution in [0.25, 0.3) is 0 Å². The average molecular weight is 419 g/mol. The summed E-state index contributed by atoms with van der Waals surface area (Å²) < 4.78 is 5.57. The lowest BCUT2D eigenvalue weighted by Crippen LogP contribution is -2.32. The van der Waals surface area contributed by atoms with Gasteiger partial charge in [-0.1, -0.05) is 34.7 Å². The second kappa shape index (κ2) is 6.12. The highest BCUT2D eigenvalue weighted by molar-refractivity contribution is 8.00. The molecule has 2 aliphatic rings. The van der Waals surface area contributed by atoms with Crippen molar-refractivity contribution >= 4 is 52.2 Å². The van der Waals surface area contributed by atoms with Crippen LogP contribution >= 0.6 is 34.7 Å². The molecule has 2 amide bonds. The van der Waals surface area contributed by atoms with E-state index in [2.05, 4.69) is 4.98 Å². The van der Waals surface area contributed by atoms with Gasteiger partial charge in [-0.25, -0.2) is 4.90 Å². The Hall–Kier alpha value is -2.29. The summed E-state index contributed by atoms with van der Waals surface area (Å²) in [6.45, 7) is 0. The number of aromatic nitrogens is 1. The van der Waals surface area contributed by atoms with Crippen LogP contribution in [0.1, 0.15) is 16.6 Å². The molecule has 0 saturated carbocycles. The van der Waals surface area contributed by atoms with Crippen molar-refractivity contribution in [2.75, 3.05) is 4.90 Å². The van der Waals surface area contributed by atoms with Gasteiger partial charge in [0.05, 0.1) is 33.7 Å². The van der Waals surface area contributed by atoms with Gasteiger partial charge in [0.25, 0.3) is 0 Å². The first-order chi connectivity index (χ1) is 13.0. The fraction of sp³-hybridized carbons (Fsp3) is 0.167. The first kappa shape index (κ1) is 16.9. The summed E-state index contributed by atoms with van der Waals surface area (Å²) in [7, 11) is 0. The fourth-order valence-electron chi connectivity index (χ4n) is 3.64. The van der Waals surface area contributed by atoms with Gasteiger partial charge < -0.3 is 9.40 Å². The number of imide groups is 1. The lowest BCUT2D eigenvalue weighted by molar-refractivity contribution is -0.122. The van der Waals surface area contributed by atoms with E-state index in [0.717, 1.165) is 16.2 Å². The van der Waals surface area contributed by atoms with E-state index in [1.54, 1.807) is 36.4 Å². The molecule has 136 valence electrons. The molecule has 0 radical (unpaired) electrons. The van der Waals surface area contributed by atoms with Crippen LogP contribution < -0.4 is 9.77 Å². The number of aromatic amines is 1. The van der Waals surface area contributed by atoms with E-state index in [9.17, 15) is 14.4 Å². The predicted molar refractivity (Wildman–Crippen MR) is 103 cm³/mol. The maximum atomic E-state index is 13.3. The number of rotatable bonds is 2. The first-order valence-corrected chi connectivity index (χ1v) is 10.2. The van der Waals surface area contributed by atoms with Crippen molar-refractivity contribution in [3.63, 3.8) is 0 Å². The number of thioether (sulfide) groups is 1. The number of furan rings is 1. The molecule has 3 aromatic rings. The zero-order chi connectivity index (χ0) is 18.7. The summed E-state index contributed by atoms with van der Waals surface area (Å²) >= 11 is 8.22. The number of nitrogens with one attached hydrogen (secondary N) is 1.